The van der Waals surface area contributed by atoms with Gasteiger partial charge >= 0.3 is 9.15 Å². The molecule has 8 rings (SSSR count). The van der Waals surface area contributed by atoms with Crippen molar-refractivity contribution in [2.45, 2.75) is 71.3 Å². The van der Waals surface area contributed by atoms with Crippen LogP contribution in [0.15, 0.2) is 66.7 Å². The predicted octanol–water partition coefficient (Wildman–Crippen LogP) is 3.98. The van der Waals surface area contributed by atoms with E-state index < -0.39 is 65.2 Å². The summed E-state index contributed by atoms with van der Waals surface area (Å²) in [4.78, 5) is 163. The monoisotopic (exact) mass is 1660 g/mol. The van der Waals surface area contributed by atoms with Gasteiger partial charge in [-0.25, -0.2) is 0 Å². The Labute approximate surface area is 644 Å². The van der Waals surface area contributed by atoms with Crippen LogP contribution in [-0.2, 0) is 14.3 Å². The molecule has 30 nitrogen and oxygen atoms in total. The van der Waals surface area contributed by atoms with Crippen molar-refractivity contribution in [2.75, 3.05) is 172 Å². The fourth-order valence-corrected chi connectivity index (χ4v) is 12.4. The standard InChI is InChI=1S/C72H100N14O16.BBr3/c1-7-9-25-74-64(89)48-45-56-63(101-6)57(46-48)72(97)82-34-42-86-41-33-81-70(95)55-22-14-19-52(62(55)100-5)67(92)77-29-37-84(38-30-80-71(56)96)44-43-83-35-27-75-65(90)50-17-12-20-53(60(50)98-3)68(93)78-31-39-85(47-49(86)16-10-11-26-73-58(87)23-15-24-59(88)102-8-2)40-32-79-69(94)54-21-13-18-51(61(54)99-4)66(91)76-28-36-83;2-1(3)4/h12-14,17-22,45-46,49H,7-11,15-16,23-44,47H2,1-6H3,(H,73,87)(H,74,89)(H,75,90)(H,76,91)(H,77,92)(H,78,93)(H,79,94)(H,80,96)(H,81,95)(H,82,97);. The minimum atomic E-state index is -0.665. The van der Waals surface area contributed by atoms with E-state index >= 15 is 0 Å². The molecule has 4 aromatic rings. The molecule has 4 aromatic carbocycles. The maximum absolute atomic E-state index is 14.9. The van der Waals surface area contributed by atoms with Gasteiger partial charge in [0.15, 0.2) is 0 Å². The summed E-state index contributed by atoms with van der Waals surface area (Å²) >= 11 is 9.31. The quantitative estimate of drug-likeness (QED) is 0.0382. The van der Waals surface area contributed by atoms with Crippen molar-refractivity contribution >= 4 is 115 Å². The molecule has 4 aliphatic rings. The van der Waals surface area contributed by atoms with Crippen molar-refractivity contribution in [3.8, 4) is 23.0 Å². The van der Waals surface area contributed by atoms with E-state index in [9.17, 15) is 52.7 Å². The van der Waals surface area contributed by atoms with Crippen LogP contribution >= 0.6 is 47.3 Å². The fraction of sp³-hybridized carbons (Fsp3) is 0.514. The molecule has 106 heavy (non-hydrogen) atoms. The molecule has 0 saturated carbocycles. The van der Waals surface area contributed by atoms with Gasteiger partial charge < -0.3 is 76.9 Å². The Bertz CT molecular complexity index is 3560. The number of hydrogen-bond donors (Lipinski definition) is 10. The van der Waals surface area contributed by atoms with Crippen LogP contribution in [0.1, 0.15) is 158 Å². The molecule has 0 radical (unpaired) electrons. The molecule has 3 atom stereocenters. The van der Waals surface area contributed by atoms with E-state index in [1.807, 2.05) is 21.6 Å². The molecule has 3 unspecified atom stereocenters. The van der Waals surface area contributed by atoms with Gasteiger partial charge in [0.2, 0.25) is 5.91 Å². The van der Waals surface area contributed by atoms with E-state index in [1.54, 1.807) is 61.5 Å². The van der Waals surface area contributed by atoms with Gasteiger partial charge in [0, 0.05) is 162 Å². The minimum Gasteiger partial charge on any atom is -0.495 e. The van der Waals surface area contributed by atoms with E-state index in [0.29, 0.717) is 38.6 Å². The zero-order valence-electron chi connectivity index (χ0n) is 61.2. The lowest BCUT2D eigenvalue weighted by molar-refractivity contribution is -0.143. The van der Waals surface area contributed by atoms with Crippen LogP contribution in [0.25, 0.3) is 0 Å². The summed E-state index contributed by atoms with van der Waals surface area (Å²) < 4.78 is 28.6. The third-order valence-corrected chi connectivity index (χ3v) is 17.7. The van der Waals surface area contributed by atoms with E-state index in [1.165, 1.54) is 40.6 Å². The van der Waals surface area contributed by atoms with Gasteiger partial charge in [-0.1, -0.05) is 38.0 Å². The van der Waals surface area contributed by atoms with Crippen LogP contribution in [0.2, 0.25) is 0 Å². The second-order valence-electron chi connectivity index (χ2n) is 24.8. The van der Waals surface area contributed by atoms with Crippen LogP contribution < -0.4 is 72.1 Å². The zero-order chi connectivity index (χ0) is 76.9. The highest BCUT2D eigenvalue weighted by Gasteiger charge is 2.30. The molecule has 0 aliphatic carbocycles. The molecule has 578 valence electrons. The average Bonchev–Trinajstić information content (AvgIpc) is 0.812. The molecule has 10 N–H and O–H groups in total. The minimum absolute atomic E-state index is 0.000936. The lowest BCUT2D eigenvalue weighted by atomic mass is 10.0. The number of esters is 1. The number of hydrogen-bond acceptors (Lipinski definition) is 20. The van der Waals surface area contributed by atoms with Crippen LogP contribution in [0.3, 0.4) is 0 Å². The number of carbonyl (C=O) groups excluding carboxylic acids is 11. The molecule has 4 heterocycles. The van der Waals surface area contributed by atoms with Crippen molar-refractivity contribution in [1.82, 2.24) is 72.8 Å². The summed E-state index contributed by atoms with van der Waals surface area (Å²) in [5, 5.41) is 29.8. The third-order valence-electron chi connectivity index (χ3n) is 17.7. The van der Waals surface area contributed by atoms with Crippen molar-refractivity contribution in [2.24, 2.45) is 0 Å². The first-order valence-electron chi connectivity index (χ1n) is 35.7. The smallest absolute Gasteiger partial charge is 0.369 e. The molecule has 0 aromatic heterocycles. The van der Waals surface area contributed by atoms with E-state index in [0.717, 1.165) is 6.42 Å². The van der Waals surface area contributed by atoms with E-state index in [2.05, 4.69) is 105 Å². The Morgan fingerprint density at radius 1 is 0.434 bits per heavy atom. The van der Waals surface area contributed by atoms with Gasteiger partial charge in [0.1, 0.15) is 23.0 Å². The number of halogens is 3. The molecule has 0 saturated heterocycles. The van der Waals surface area contributed by atoms with Gasteiger partial charge in [-0.05, 0) is 81.1 Å². The molecule has 0 spiro atoms. The number of carbonyl (C=O) groups is 11. The normalized spacial score (nSPS) is 19.3. The molecule has 4 aliphatic heterocycles. The molecule has 0 fully saturated rings. The lowest BCUT2D eigenvalue weighted by Crippen LogP contribution is -2.51. The summed E-state index contributed by atoms with van der Waals surface area (Å²) in [6.45, 7) is 6.93. The highest BCUT2D eigenvalue weighted by atomic mass is 79.9. The highest BCUT2D eigenvalue weighted by molar-refractivity contribution is 9.69. The van der Waals surface area contributed by atoms with Crippen molar-refractivity contribution < 1.29 is 76.4 Å². The summed E-state index contributed by atoms with van der Waals surface area (Å²) in [5.41, 5.74) is 0.422. The number of benzene rings is 4. The highest BCUT2D eigenvalue weighted by Crippen LogP contribution is 2.29. The van der Waals surface area contributed by atoms with Crippen molar-refractivity contribution in [3.05, 3.63) is 117 Å². The van der Waals surface area contributed by atoms with Crippen LogP contribution in [0.4, 0.5) is 0 Å². The number of amides is 10. The summed E-state index contributed by atoms with van der Waals surface area (Å²) in [6, 6.07) is 16.4. The summed E-state index contributed by atoms with van der Waals surface area (Å²) in [7, 11) is 5.43. The Morgan fingerprint density at radius 2 is 0.764 bits per heavy atom. The number of nitrogens with one attached hydrogen (secondary N) is 10. The SMILES string of the molecule is BrB(Br)Br.CCCCNC(=O)c1cc2c(OC)c(c1)C(=O)NCCN1CCNC(=O)c3cccc(c3OC)C(=O)NCCN(CCNC2=O)CCN2CCNC(=O)c3cccc(c3OC)C(=O)NCCN(CCNC(=O)c3cccc(c3OC)C(=O)NCC2)CC1CCCCNC(=O)CCCC(=O)OCC. The van der Waals surface area contributed by atoms with Gasteiger partial charge in [0.25, 0.3) is 53.2 Å². The van der Waals surface area contributed by atoms with Gasteiger partial charge in [-0.15, -0.1) is 47.3 Å². The number of nitrogens with zero attached hydrogens (tertiary/aromatic N) is 4. The van der Waals surface area contributed by atoms with Crippen molar-refractivity contribution in [3.63, 3.8) is 0 Å². The molecule has 12 bridgehead atoms. The Morgan fingerprint density at radius 3 is 1.11 bits per heavy atom. The largest absolute Gasteiger partial charge is 0.495 e. The Kier molecular flexibility index (Phi) is 38.1. The van der Waals surface area contributed by atoms with E-state index in [-0.39, 0.29) is 233 Å². The average molecular weight is 1670 g/mol. The first kappa shape index (κ1) is 86.5. The maximum atomic E-state index is 14.9. The van der Waals surface area contributed by atoms with Crippen molar-refractivity contribution in [1.29, 1.82) is 0 Å². The second-order valence-corrected chi connectivity index (χ2v) is 31.3. The van der Waals surface area contributed by atoms with E-state index in [4.69, 9.17) is 23.7 Å². The second kappa shape index (κ2) is 46.6. The maximum Gasteiger partial charge on any atom is 0.369 e. The first-order valence-corrected chi connectivity index (χ1v) is 38.4. The fourth-order valence-electron chi connectivity index (χ4n) is 12.4. The Balaban J connectivity index is 0.00000429. The Hall–Kier alpha value is -8.41. The molecular weight excluding hydrogens is 1570 g/mol. The number of para-hydroxylation sites is 3. The van der Waals surface area contributed by atoms with Crippen LogP contribution in [0.5, 0.6) is 23.0 Å². The number of rotatable bonds is 18. The zero-order valence-corrected chi connectivity index (χ0v) is 65.9. The topological polar surface area (TPSA) is 367 Å². The predicted molar refractivity (Wildman–Crippen MR) is 412 cm³/mol. The molecular formula is C72H100BBr3N14O16. The molecule has 10 amide bonds. The number of ether oxygens (including phenoxy) is 5. The lowest BCUT2D eigenvalue weighted by Gasteiger charge is -2.36. The van der Waals surface area contributed by atoms with Crippen LogP contribution in [-0.4, -0.2) is 266 Å². The first-order chi connectivity index (χ1) is 51.2. The van der Waals surface area contributed by atoms with Gasteiger partial charge in [0.05, 0.1) is 79.6 Å². The number of unbranched alkanes of at least 4 members (excludes halogenated alkanes) is 2. The summed E-state index contributed by atoms with van der Waals surface area (Å²) in [6.07, 6.45) is 3.38. The molecule has 34 heteroatoms. The van der Waals surface area contributed by atoms with Gasteiger partial charge in [-0.3, -0.25) is 72.3 Å². The number of methoxy groups -OCH3 is 4. The number of fused-ring (bicyclic) bond motifs is 16. The summed E-state index contributed by atoms with van der Waals surface area (Å²) in [5.74, 6) is -5.63. The third kappa shape index (κ3) is 27.4. The van der Waals surface area contributed by atoms with Crippen LogP contribution in [0, 0.1) is 0 Å². The van der Waals surface area contributed by atoms with Gasteiger partial charge in [-0.2, -0.15) is 0 Å².